The summed E-state index contributed by atoms with van der Waals surface area (Å²) in [5.74, 6) is 0. The van der Waals surface area contributed by atoms with E-state index in [9.17, 15) is 4.79 Å². The van der Waals surface area contributed by atoms with Crippen LogP contribution in [0.4, 0.5) is 0 Å². The van der Waals surface area contributed by atoms with Gasteiger partial charge in [0.25, 0.3) is 0 Å². The molecule has 17 heavy (non-hydrogen) atoms. The van der Waals surface area contributed by atoms with Crippen molar-refractivity contribution in [1.29, 1.82) is 0 Å². The van der Waals surface area contributed by atoms with E-state index in [2.05, 4.69) is 32.9 Å². The summed E-state index contributed by atoms with van der Waals surface area (Å²) >= 11 is 0. The molecule has 0 saturated heterocycles. The van der Waals surface area contributed by atoms with E-state index < -0.39 is 0 Å². The van der Waals surface area contributed by atoms with Crippen LogP contribution in [0.25, 0.3) is 0 Å². The molecule has 1 aromatic carbocycles. The number of hydrogen-bond donors (Lipinski definition) is 0. The molecular weight excluding hydrogens is 222 g/mol. The summed E-state index contributed by atoms with van der Waals surface area (Å²) in [4.78, 5) is 12.2. The van der Waals surface area contributed by atoms with Gasteiger partial charge in [-0.15, -0.1) is 0 Å². The number of benzene rings is 1. The quantitative estimate of drug-likeness (QED) is 0.580. The maximum absolute atomic E-state index is 12.2. The Morgan fingerprint density at radius 2 is 1.71 bits per heavy atom. The summed E-state index contributed by atoms with van der Waals surface area (Å²) in [6, 6.07) is 4.20. The summed E-state index contributed by atoms with van der Waals surface area (Å²) in [5.41, 5.74) is 5.26. The zero-order chi connectivity index (χ0) is 12.3. The van der Waals surface area contributed by atoms with Crippen molar-refractivity contribution < 1.29 is 4.79 Å². The van der Waals surface area contributed by atoms with Gasteiger partial charge in [0.1, 0.15) is 0 Å². The normalized spacial score (nSPS) is 12.5. The predicted octanol–water partition coefficient (Wildman–Crippen LogP) is 3.85. The third-order valence-electron chi connectivity index (χ3n) is 2.89. The van der Waals surface area contributed by atoms with E-state index in [-0.39, 0.29) is 18.9 Å². The monoisotopic (exact) mass is 243 g/mol. The molecule has 0 fully saturated rings. The van der Waals surface area contributed by atoms with Crippen LogP contribution in [0.1, 0.15) is 47.3 Å². The molecule has 89 valence electrons. The van der Waals surface area contributed by atoms with Crippen molar-refractivity contribution in [3.05, 3.63) is 34.4 Å². The topological polar surface area (TPSA) is 17.1 Å². The van der Waals surface area contributed by atoms with Crippen LogP contribution in [-0.2, 0) is 0 Å². The first-order valence-corrected chi connectivity index (χ1v) is 6.92. The van der Waals surface area contributed by atoms with Gasteiger partial charge >= 0.3 is 0 Å². The minimum absolute atomic E-state index is 0. The molecule has 0 heterocycles. The van der Waals surface area contributed by atoms with E-state index in [1.54, 1.807) is 0 Å². The van der Waals surface area contributed by atoms with Gasteiger partial charge in [-0.1, -0.05) is 31.5 Å². The Morgan fingerprint density at radius 1 is 1.24 bits per heavy atom. The molecule has 0 saturated carbocycles. The number of rotatable bonds is 4. The largest absolute Gasteiger partial charge is 0.289 e. The average molecular weight is 243 g/mol. The van der Waals surface area contributed by atoms with E-state index in [0.717, 1.165) is 23.1 Å². The van der Waals surface area contributed by atoms with Crippen LogP contribution in [0.15, 0.2) is 12.1 Å². The van der Waals surface area contributed by atoms with Gasteiger partial charge in [0.15, 0.2) is 5.52 Å². The third-order valence-corrected chi connectivity index (χ3v) is 4.31. The van der Waals surface area contributed by atoms with Gasteiger partial charge in [-0.2, -0.15) is 0 Å². The molecule has 1 aromatic rings. The smallest absolute Gasteiger partial charge is 0.181 e. The third kappa shape index (κ3) is 4.59. The van der Waals surface area contributed by atoms with Crippen LogP contribution in [-0.4, -0.2) is 30.0 Å². The molecule has 0 aliphatic carbocycles. The van der Waals surface area contributed by atoms with Crippen LogP contribution in [0.3, 0.4) is 0 Å². The molecule has 1 rings (SSSR count). The van der Waals surface area contributed by atoms with E-state index in [1.165, 1.54) is 5.56 Å². The molecule has 2 atom stereocenters. The van der Waals surface area contributed by atoms with Crippen molar-refractivity contribution in [1.82, 2.24) is 0 Å². The molecule has 3 heteroatoms. The van der Waals surface area contributed by atoms with Gasteiger partial charge in [0.05, 0.1) is 0 Å². The maximum Gasteiger partial charge on any atom is 0.181 e. The van der Waals surface area contributed by atoms with Gasteiger partial charge in [-0.3, -0.25) is 4.79 Å². The Bertz CT molecular complexity index is 378. The zero-order valence-electron chi connectivity index (χ0n) is 11.8. The second kappa shape index (κ2) is 7.37. The van der Waals surface area contributed by atoms with Crippen LogP contribution < -0.4 is 0 Å². The Labute approximate surface area is 119 Å². The van der Waals surface area contributed by atoms with Gasteiger partial charge in [-0.25, -0.2) is 0 Å². The second-order valence-corrected chi connectivity index (χ2v) is 6.28. The fourth-order valence-corrected chi connectivity index (χ4v) is 3.13. The molecule has 2 unspecified atom stereocenters. The molecule has 0 bridgehead atoms. The first-order valence-electron chi connectivity index (χ1n) is 5.84. The average Bonchev–Trinajstić information content (AvgIpc) is 2.15. The molecule has 0 amide bonds. The summed E-state index contributed by atoms with van der Waals surface area (Å²) in [6.07, 6.45) is 1.08. The van der Waals surface area contributed by atoms with Crippen LogP contribution in [0.5, 0.6) is 0 Å². The molecule has 0 N–H and O–H groups in total. The Kier molecular flexibility index (Phi) is 7.34. The Morgan fingerprint density at radius 3 is 2.12 bits per heavy atom. The summed E-state index contributed by atoms with van der Waals surface area (Å²) in [6.45, 7) is 10.4. The van der Waals surface area contributed by atoms with Gasteiger partial charge in [-0.05, 0) is 52.6 Å². The van der Waals surface area contributed by atoms with Gasteiger partial charge < -0.3 is 0 Å². The van der Waals surface area contributed by atoms with Crippen LogP contribution in [0, 0.1) is 20.8 Å². The van der Waals surface area contributed by atoms with E-state index in [4.69, 9.17) is 0 Å². The Balaban J connectivity index is 0.00000256. The second-order valence-electron chi connectivity index (χ2n) is 4.56. The fourth-order valence-electron chi connectivity index (χ4n) is 1.94. The first kappa shape index (κ1) is 16.9. The van der Waals surface area contributed by atoms with Crippen molar-refractivity contribution in [3.8, 4) is 0 Å². The zero-order valence-corrected chi connectivity index (χ0v) is 12.8. The van der Waals surface area contributed by atoms with Crippen molar-refractivity contribution in [3.63, 3.8) is 0 Å². The number of aryl methyl sites for hydroxylation is 3. The van der Waals surface area contributed by atoms with E-state index >= 15 is 0 Å². The Hall–Kier alpha value is -0.0826. The molecule has 0 aliphatic heterocycles. The molecule has 1 radical (unpaired) electrons. The predicted molar refractivity (Wildman–Crippen MR) is 78.8 cm³/mol. The van der Waals surface area contributed by atoms with E-state index in [0.29, 0.717) is 19.8 Å². The van der Waals surface area contributed by atoms with E-state index in [1.807, 2.05) is 13.8 Å². The van der Waals surface area contributed by atoms with Crippen molar-refractivity contribution in [2.45, 2.75) is 46.7 Å². The van der Waals surface area contributed by atoms with Gasteiger partial charge in [0, 0.05) is 24.4 Å². The maximum atomic E-state index is 12.2. The molecule has 0 spiro atoms. The number of carbonyl (C=O) groups excluding carboxylic acids is 1. The molecule has 0 aromatic heterocycles. The molecule has 0 aliphatic rings. The van der Waals surface area contributed by atoms with Crippen LogP contribution >= 0.6 is 8.58 Å². The summed E-state index contributed by atoms with van der Waals surface area (Å²) in [7, 11) is 0.408. The standard InChI is InChI=1S/C14H21OP.Li/c1-6-12(5)16-14(15)13-10(3)7-9(2)8-11(13)4;/h7-8,12,16H,6H2,1-5H3;. The van der Waals surface area contributed by atoms with Gasteiger partial charge in [0.2, 0.25) is 0 Å². The fraction of sp³-hybridized carbons (Fsp3) is 0.500. The number of carbonyl (C=O) groups is 1. The molecule has 1 nitrogen and oxygen atoms in total. The summed E-state index contributed by atoms with van der Waals surface area (Å²) in [5, 5.41) is 0. The van der Waals surface area contributed by atoms with Crippen molar-refractivity contribution in [2.24, 2.45) is 0 Å². The van der Waals surface area contributed by atoms with Crippen LogP contribution in [0.2, 0.25) is 0 Å². The SMILES string of the molecule is CCC(C)PC(=O)c1c(C)cc(C)cc1C.[Li]. The summed E-state index contributed by atoms with van der Waals surface area (Å²) < 4.78 is 0. The van der Waals surface area contributed by atoms with Crippen molar-refractivity contribution in [2.75, 3.05) is 0 Å². The number of hydrogen-bond acceptors (Lipinski definition) is 1. The minimum atomic E-state index is 0. The molecular formula is C14H21LiOP. The van der Waals surface area contributed by atoms with Crippen molar-refractivity contribution >= 4 is 33.0 Å². The minimum Gasteiger partial charge on any atom is -0.289 e. The first-order chi connectivity index (χ1) is 7.45.